The quantitative estimate of drug-likeness (QED) is 0.885. The first-order chi connectivity index (χ1) is 8.65. The minimum absolute atomic E-state index is 0.342. The first-order valence-corrected chi connectivity index (χ1v) is 7.24. The average Bonchev–Trinajstić information content (AvgIpc) is 2.71. The lowest BCUT2D eigenvalue weighted by atomic mass is 10.0. The van der Waals surface area contributed by atoms with E-state index < -0.39 is 0 Å². The Labute approximate surface area is 111 Å². The molecule has 2 nitrogen and oxygen atoms in total. The molecule has 0 bridgehead atoms. The van der Waals surface area contributed by atoms with Gasteiger partial charge in [0, 0.05) is 25.2 Å². The standard InChI is InChI=1S/C16H26N2/c1-4-13-6-8-14(9-7-13)16(5-2)18-10-12(3)15(17)11-18/h6-9,12,15-16H,4-5,10-11,17H2,1-3H3. The van der Waals surface area contributed by atoms with Gasteiger partial charge in [0.1, 0.15) is 0 Å². The molecule has 2 N–H and O–H groups in total. The van der Waals surface area contributed by atoms with Gasteiger partial charge in [-0.1, -0.05) is 45.0 Å². The molecule has 0 spiro atoms. The fraction of sp³-hybridized carbons (Fsp3) is 0.625. The van der Waals surface area contributed by atoms with Crippen molar-refractivity contribution in [2.24, 2.45) is 11.7 Å². The van der Waals surface area contributed by atoms with E-state index in [2.05, 4.69) is 49.9 Å². The Kier molecular flexibility index (Phi) is 4.41. The molecule has 0 aliphatic carbocycles. The highest BCUT2D eigenvalue weighted by Crippen LogP contribution is 2.29. The summed E-state index contributed by atoms with van der Waals surface area (Å²) in [7, 11) is 0. The molecule has 18 heavy (non-hydrogen) atoms. The molecule has 1 aliphatic heterocycles. The van der Waals surface area contributed by atoms with E-state index in [1.54, 1.807) is 0 Å². The second-order valence-electron chi connectivity index (χ2n) is 5.61. The summed E-state index contributed by atoms with van der Waals surface area (Å²) in [5, 5.41) is 0. The van der Waals surface area contributed by atoms with Crippen LogP contribution in [-0.4, -0.2) is 24.0 Å². The molecule has 3 unspecified atom stereocenters. The van der Waals surface area contributed by atoms with E-state index in [9.17, 15) is 0 Å². The van der Waals surface area contributed by atoms with E-state index >= 15 is 0 Å². The van der Waals surface area contributed by atoms with Crippen LogP contribution in [0.2, 0.25) is 0 Å². The van der Waals surface area contributed by atoms with Crippen molar-refractivity contribution < 1.29 is 0 Å². The summed E-state index contributed by atoms with van der Waals surface area (Å²) in [4.78, 5) is 2.55. The second-order valence-corrected chi connectivity index (χ2v) is 5.61. The van der Waals surface area contributed by atoms with E-state index in [0.717, 1.165) is 25.9 Å². The molecule has 1 heterocycles. The SMILES string of the molecule is CCc1ccc(C(CC)N2CC(C)C(N)C2)cc1. The highest BCUT2D eigenvalue weighted by Gasteiger charge is 2.31. The molecule has 0 amide bonds. The van der Waals surface area contributed by atoms with Crippen molar-refractivity contribution in [2.45, 2.75) is 45.7 Å². The minimum atomic E-state index is 0.342. The molecule has 2 rings (SSSR count). The molecular formula is C16H26N2. The van der Waals surface area contributed by atoms with Gasteiger partial charge in [-0.15, -0.1) is 0 Å². The number of nitrogens with two attached hydrogens (primary N) is 1. The van der Waals surface area contributed by atoms with E-state index in [-0.39, 0.29) is 0 Å². The number of likely N-dealkylation sites (tertiary alicyclic amines) is 1. The zero-order valence-electron chi connectivity index (χ0n) is 11.9. The van der Waals surface area contributed by atoms with Gasteiger partial charge in [-0.3, -0.25) is 4.90 Å². The summed E-state index contributed by atoms with van der Waals surface area (Å²) in [6, 6.07) is 9.98. The van der Waals surface area contributed by atoms with Crippen molar-refractivity contribution in [3.8, 4) is 0 Å². The number of hydrogen-bond donors (Lipinski definition) is 1. The molecule has 0 saturated carbocycles. The molecule has 0 aromatic heterocycles. The van der Waals surface area contributed by atoms with Gasteiger partial charge in [0.2, 0.25) is 0 Å². The third kappa shape index (κ3) is 2.76. The van der Waals surface area contributed by atoms with Crippen molar-refractivity contribution in [2.75, 3.05) is 13.1 Å². The predicted molar refractivity (Wildman–Crippen MR) is 77.6 cm³/mol. The highest BCUT2D eigenvalue weighted by atomic mass is 15.2. The Balaban J connectivity index is 2.12. The number of hydrogen-bond acceptors (Lipinski definition) is 2. The fourth-order valence-electron chi connectivity index (χ4n) is 2.97. The van der Waals surface area contributed by atoms with Crippen molar-refractivity contribution >= 4 is 0 Å². The summed E-state index contributed by atoms with van der Waals surface area (Å²) in [6.45, 7) is 8.91. The topological polar surface area (TPSA) is 29.3 Å². The van der Waals surface area contributed by atoms with Crippen LogP contribution in [0.1, 0.15) is 44.4 Å². The Morgan fingerprint density at radius 2 is 1.89 bits per heavy atom. The largest absolute Gasteiger partial charge is 0.326 e. The third-order valence-electron chi connectivity index (χ3n) is 4.30. The summed E-state index contributed by atoms with van der Waals surface area (Å²) in [5.74, 6) is 0.619. The molecule has 3 atom stereocenters. The lowest BCUT2D eigenvalue weighted by Gasteiger charge is -2.27. The van der Waals surface area contributed by atoms with E-state index in [1.165, 1.54) is 11.1 Å². The summed E-state index contributed by atoms with van der Waals surface area (Å²) < 4.78 is 0. The molecular weight excluding hydrogens is 220 g/mol. The molecule has 1 fully saturated rings. The van der Waals surface area contributed by atoms with Gasteiger partial charge in [0.25, 0.3) is 0 Å². The van der Waals surface area contributed by atoms with Crippen LogP contribution in [0, 0.1) is 5.92 Å². The fourth-order valence-corrected chi connectivity index (χ4v) is 2.97. The van der Waals surface area contributed by atoms with Crippen LogP contribution in [0.3, 0.4) is 0 Å². The van der Waals surface area contributed by atoms with E-state index in [0.29, 0.717) is 18.0 Å². The van der Waals surface area contributed by atoms with Crippen molar-refractivity contribution in [3.05, 3.63) is 35.4 Å². The maximum absolute atomic E-state index is 6.14. The van der Waals surface area contributed by atoms with Crippen LogP contribution < -0.4 is 5.73 Å². The molecule has 1 aliphatic rings. The van der Waals surface area contributed by atoms with Crippen LogP contribution in [0.5, 0.6) is 0 Å². The van der Waals surface area contributed by atoms with Gasteiger partial charge >= 0.3 is 0 Å². The van der Waals surface area contributed by atoms with Crippen LogP contribution in [0.15, 0.2) is 24.3 Å². The van der Waals surface area contributed by atoms with Crippen LogP contribution >= 0.6 is 0 Å². The van der Waals surface area contributed by atoms with Gasteiger partial charge in [0.05, 0.1) is 0 Å². The summed E-state index contributed by atoms with van der Waals surface area (Å²) in [6.07, 6.45) is 2.27. The molecule has 2 heteroatoms. The third-order valence-corrected chi connectivity index (χ3v) is 4.30. The average molecular weight is 246 g/mol. The predicted octanol–water partition coefficient (Wildman–Crippen LogP) is 2.98. The number of rotatable bonds is 4. The monoisotopic (exact) mass is 246 g/mol. The zero-order valence-corrected chi connectivity index (χ0v) is 11.9. The second kappa shape index (κ2) is 5.85. The summed E-state index contributed by atoms with van der Waals surface area (Å²) in [5.41, 5.74) is 9.00. The Bertz CT molecular complexity index is 361. The van der Waals surface area contributed by atoms with Crippen molar-refractivity contribution in [1.29, 1.82) is 0 Å². The summed E-state index contributed by atoms with van der Waals surface area (Å²) >= 11 is 0. The lowest BCUT2D eigenvalue weighted by molar-refractivity contribution is 0.231. The van der Waals surface area contributed by atoms with Crippen LogP contribution in [0.25, 0.3) is 0 Å². The number of benzene rings is 1. The van der Waals surface area contributed by atoms with Crippen molar-refractivity contribution in [3.63, 3.8) is 0 Å². The Morgan fingerprint density at radius 1 is 1.22 bits per heavy atom. The minimum Gasteiger partial charge on any atom is -0.326 e. The maximum atomic E-state index is 6.14. The Hall–Kier alpha value is -0.860. The highest BCUT2D eigenvalue weighted by molar-refractivity contribution is 5.25. The van der Waals surface area contributed by atoms with Crippen molar-refractivity contribution in [1.82, 2.24) is 4.90 Å². The van der Waals surface area contributed by atoms with Gasteiger partial charge in [0.15, 0.2) is 0 Å². The first kappa shape index (κ1) is 13.6. The molecule has 1 aromatic rings. The van der Waals surface area contributed by atoms with Crippen LogP contribution in [0.4, 0.5) is 0 Å². The molecule has 1 aromatic carbocycles. The van der Waals surface area contributed by atoms with Gasteiger partial charge in [-0.25, -0.2) is 0 Å². The zero-order chi connectivity index (χ0) is 13.1. The van der Waals surface area contributed by atoms with E-state index in [4.69, 9.17) is 5.73 Å². The van der Waals surface area contributed by atoms with Gasteiger partial charge in [-0.2, -0.15) is 0 Å². The lowest BCUT2D eigenvalue weighted by Crippen LogP contribution is -2.30. The maximum Gasteiger partial charge on any atom is 0.0346 e. The molecule has 1 saturated heterocycles. The van der Waals surface area contributed by atoms with Gasteiger partial charge < -0.3 is 5.73 Å². The van der Waals surface area contributed by atoms with Gasteiger partial charge in [-0.05, 0) is 29.9 Å². The smallest absolute Gasteiger partial charge is 0.0346 e. The molecule has 0 radical (unpaired) electrons. The molecule has 100 valence electrons. The first-order valence-electron chi connectivity index (χ1n) is 7.24. The number of nitrogens with zero attached hydrogens (tertiary/aromatic N) is 1. The van der Waals surface area contributed by atoms with Crippen LogP contribution in [-0.2, 0) is 6.42 Å². The normalized spacial score (nSPS) is 26.4. The Morgan fingerprint density at radius 3 is 2.33 bits per heavy atom. The number of aryl methyl sites for hydroxylation is 1. The van der Waals surface area contributed by atoms with E-state index in [1.807, 2.05) is 0 Å².